The van der Waals surface area contributed by atoms with Crippen LogP contribution in [-0.4, -0.2) is 59.1 Å². The van der Waals surface area contributed by atoms with E-state index in [0.29, 0.717) is 19.1 Å². The summed E-state index contributed by atoms with van der Waals surface area (Å²) in [5.74, 6) is 1.02. The van der Waals surface area contributed by atoms with Gasteiger partial charge in [-0.05, 0) is 44.7 Å². The zero-order valence-electron chi connectivity index (χ0n) is 15.0. The molecule has 1 aromatic rings. The van der Waals surface area contributed by atoms with Gasteiger partial charge < -0.3 is 15.1 Å². The van der Waals surface area contributed by atoms with Crippen LogP contribution in [0, 0.1) is 5.92 Å². The molecule has 1 aromatic heterocycles. The van der Waals surface area contributed by atoms with Crippen molar-refractivity contribution in [3.05, 3.63) is 18.3 Å². The summed E-state index contributed by atoms with van der Waals surface area (Å²) in [6.45, 7) is 3.20. The lowest BCUT2D eigenvalue weighted by Gasteiger charge is -2.38. The molecule has 2 fully saturated rings. The molecule has 0 spiro atoms. The second kappa shape index (κ2) is 7.80. The molecule has 1 aliphatic carbocycles. The SMILES string of the molecule is CC(NC(=O)C1CCC1)C(=O)N1CCC(N(C)c2cccnn2)CC1. The summed E-state index contributed by atoms with van der Waals surface area (Å²) < 4.78 is 0. The van der Waals surface area contributed by atoms with E-state index in [9.17, 15) is 9.59 Å². The molecule has 2 heterocycles. The maximum Gasteiger partial charge on any atom is 0.244 e. The third kappa shape index (κ3) is 4.08. The van der Waals surface area contributed by atoms with Gasteiger partial charge in [0, 0.05) is 38.3 Å². The highest BCUT2D eigenvalue weighted by Crippen LogP contribution is 2.26. The standard InChI is InChI=1S/C18H27N5O2/c1-13(20-17(24)14-5-3-6-14)18(25)23-11-8-15(9-12-23)22(2)16-7-4-10-19-21-16/h4,7,10,13-15H,3,5-6,8-9,11-12H2,1-2H3,(H,20,24). The van der Waals surface area contributed by atoms with Crippen molar-refractivity contribution in [2.45, 2.75) is 51.1 Å². The van der Waals surface area contributed by atoms with Crippen LogP contribution in [0.4, 0.5) is 5.82 Å². The van der Waals surface area contributed by atoms with Gasteiger partial charge in [-0.2, -0.15) is 5.10 Å². The third-order valence-electron chi connectivity index (χ3n) is 5.45. The Morgan fingerprint density at radius 3 is 2.56 bits per heavy atom. The van der Waals surface area contributed by atoms with Crippen molar-refractivity contribution in [2.24, 2.45) is 5.92 Å². The van der Waals surface area contributed by atoms with Crippen molar-refractivity contribution in [3.63, 3.8) is 0 Å². The molecule has 1 atom stereocenters. The zero-order valence-corrected chi connectivity index (χ0v) is 15.0. The summed E-state index contributed by atoms with van der Waals surface area (Å²) in [7, 11) is 2.02. The summed E-state index contributed by atoms with van der Waals surface area (Å²) in [6.07, 6.45) is 6.47. The fraction of sp³-hybridized carbons (Fsp3) is 0.667. The average Bonchev–Trinajstić information content (AvgIpc) is 2.59. The number of nitrogens with one attached hydrogen (secondary N) is 1. The highest BCUT2D eigenvalue weighted by molar-refractivity contribution is 5.88. The predicted octanol–water partition coefficient (Wildman–Crippen LogP) is 1.21. The third-order valence-corrected chi connectivity index (χ3v) is 5.45. The van der Waals surface area contributed by atoms with E-state index >= 15 is 0 Å². The van der Waals surface area contributed by atoms with Gasteiger partial charge in [0.15, 0.2) is 5.82 Å². The van der Waals surface area contributed by atoms with E-state index < -0.39 is 6.04 Å². The van der Waals surface area contributed by atoms with E-state index in [1.54, 1.807) is 13.1 Å². The maximum absolute atomic E-state index is 12.6. The molecule has 1 N–H and O–H groups in total. The van der Waals surface area contributed by atoms with Crippen LogP contribution >= 0.6 is 0 Å². The molecule has 0 aromatic carbocycles. The van der Waals surface area contributed by atoms with Gasteiger partial charge in [0.2, 0.25) is 11.8 Å². The number of amides is 2. The molecule has 25 heavy (non-hydrogen) atoms. The van der Waals surface area contributed by atoms with Crippen molar-refractivity contribution in [1.29, 1.82) is 0 Å². The van der Waals surface area contributed by atoms with Crippen molar-refractivity contribution < 1.29 is 9.59 Å². The first-order valence-corrected chi connectivity index (χ1v) is 9.16. The number of hydrogen-bond acceptors (Lipinski definition) is 5. The molecule has 1 saturated carbocycles. The van der Waals surface area contributed by atoms with Gasteiger partial charge in [0.25, 0.3) is 0 Å². The molecule has 1 unspecified atom stereocenters. The Kier molecular flexibility index (Phi) is 5.50. The first-order valence-electron chi connectivity index (χ1n) is 9.16. The molecule has 0 radical (unpaired) electrons. The zero-order chi connectivity index (χ0) is 17.8. The lowest BCUT2D eigenvalue weighted by Crippen LogP contribution is -2.53. The van der Waals surface area contributed by atoms with Crippen LogP contribution in [0.25, 0.3) is 0 Å². The minimum Gasteiger partial charge on any atom is -0.355 e. The summed E-state index contributed by atoms with van der Waals surface area (Å²) in [4.78, 5) is 28.6. The molecule has 7 nitrogen and oxygen atoms in total. The first kappa shape index (κ1) is 17.6. The Morgan fingerprint density at radius 2 is 2.00 bits per heavy atom. The molecule has 2 amide bonds. The lowest BCUT2D eigenvalue weighted by molar-refractivity contribution is -0.138. The predicted molar refractivity (Wildman–Crippen MR) is 95.0 cm³/mol. The molecular formula is C18H27N5O2. The van der Waals surface area contributed by atoms with Crippen LogP contribution in [-0.2, 0) is 9.59 Å². The number of rotatable bonds is 5. The first-order chi connectivity index (χ1) is 12.1. The smallest absolute Gasteiger partial charge is 0.244 e. The monoisotopic (exact) mass is 345 g/mol. The Bertz CT molecular complexity index is 597. The van der Waals surface area contributed by atoms with E-state index in [0.717, 1.165) is 37.9 Å². The summed E-state index contributed by atoms with van der Waals surface area (Å²) in [6, 6.07) is 3.73. The Morgan fingerprint density at radius 1 is 1.28 bits per heavy atom. The molecule has 3 rings (SSSR count). The van der Waals surface area contributed by atoms with E-state index in [4.69, 9.17) is 0 Å². The second-order valence-electron chi connectivity index (χ2n) is 7.11. The lowest BCUT2D eigenvalue weighted by atomic mass is 9.84. The number of hydrogen-bond donors (Lipinski definition) is 1. The molecular weight excluding hydrogens is 318 g/mol. The molecule has 136 valence electrons. The van der Waals surface area contributed by atoms with E-state index in [-0.39, 0.29) is 17.7 Å². The van der Waals surface area contributed by atoms with Gasteiger partial charge in [-0.1, -0.05) is 6.42 Å². The number of piperidine rings is 1. The highest BCUT2D eigenvalue weighted by Gasteiger charge is 2.31. The van der Waals surface area contributed by atoms with Crippen LogP contribution in [0.1, 0.15) is 39.0 Å². The topological polar surface area (TPSA) is 78.4 Å². The summed E-state index contributed by atoms with van der Waals surface area (Å²) >= 11 is 0. The van der Waals surface area contributed by atoms with Crippen molar-refractivity contribution in [1.82, 2.24) is 20.4 Å². The van der Waals surface area contributed by atoms with Crippen LogP contribution in [0.5, 0.6) is 0 Å². The number of aromatic nitrogens is 2. The van der Waals surface area contributed by atoms with Gasteiger partial charge in [-0.3, -0.25) is 9.59 Å². The van der Waals surface area contributed by atoms with Crippen molar-refractivity contribution in [3.8, 4) is 0 Å². The Balaban J connectivity index is 1.47. The van der Waals surface area contributed by atoms with Gasteiger partial charge in [0.05, 0.1) is 0 Å². The van der Waals surface area contributed by atoms with Crippen molar-refractivity contribution >= 4 is 17.6 Å². The Labute approximate surface area is 148 Å². The number of carbonyl (C=O) groups is 2. The van der Waals surface area contributed by atoms with Gasteiger partial charge in [-0.15, -0.1) is 5.10 Å². The van der Waals surface area contributed by atoms with E-state index in [2.05, 4.69) is 20.4 Å². The summed E-state index contributed by atoms with van der Waals surface area (Å²) in [5.41, 5.74) is 0. The molecule has 1 aliphatic heterocycles. The molecule has 2 aliphatic rings. The van der Waals surface area contributed by atoms with E-state index in [1.165, 1.54) is 0 Å². The van der Waals surface area contributed by atoms with Crippen LogP contribution in [0.3, 0.4) is 0 Å². The fourth-order valence-electron chi connectivity index (χ4n) is 3.48. The van der Waals surface area contributed by atoms with Crippen LogP contribution in [0.2, 0.25) is 0 Å². The Hall–Kier alpha value is -2.18. The minimum absolute atomic E-state index is 0.0216. The summed E-state index contributed by atoms with van der Waals surface area (Å²) in [5, 5.41) is 11.0. The number of likely N-dealkylation sites (tertiary alicyclic amines) is 1. The second-order valence-corrected chi connectivity index (χ2v) is 7.11. The highest BCUT2D eigenvalue weighted by atomic mass is 16.2. The molecule has 7 heteroatoms. The minimum atomic E-state index is -0.442. The molecule has 1 saturated heterocycles. The average molecular weight is 345 g/mol. The normalized spacial score (nSPS) is 19.8. The maximum atomic E-state index is 12.6. The largest absolute Gasteiger partial charge is 0.355 e. The quantitative estimate of drug-likeness (QED) is 0.868. The van der Waals surface area contributed by atoms with E-state index in [1.807, 2.05) is 24.1 Å². The number of nitrogens with zero attached hydrogens (tertiary/aromatic N) is 4. The van der Waals surface area contributed by atoms with Gasteiger partial charge in [-0.25, -0.2) is 0 Å². The van der Waals surface area contributed by atoms with Crippen molar-refractivity contribution in [2.75, 3.05) is 25.0 Å². The fourth-order valence-corrected chi connectivity index (χ4v) is 3.48. The van der Waals surface area contributed by atoms with Gasteiger partial charge in [0.1, 0.15) is 6.04 Å². The number of carbonyl (C=O) groups excluding carboxylic acids is 2. The molecule has 0 bridgehead atoms. The van der Waals surface area contributed by atoms with Crippen LogP contribution < -0.4 is 10.2 Å². The van der Waals surface area contributed by atoms with Gasteiger partial charge >= 0.3 is 0 Å². The number of anilines is 1. The van der Waals surface area contributed by atoms with Crippen LogP contribution in [0.15, 0.2) is 18.3 Å².